The van der Waals surface area contributed by atoms with Crippen LogP contribution in [0.4, 0.5) is 24.5 Å². The molecule has 1 saturated carbocycles. The van der Waals surface area contributed by atoms with Gasteiger partial charge in [-0.1, -0.05) is 29.8 Å². The quantitative estimate of drug-likeness (QED) is 0.464. The summed E-state index contributed by atoms with van der Waals surface area (Å²) in [5.41, 5.74) is -0.0278. The van der Waals surface area contributed by atoms with Crippen LogP contribution in [-0.2, 0) is 24.1 Å². The minimum Gasteiger partial charge on any atom is -0.323 e. The maximum atomic E-state index is 13.2. The Hall–Kier alpha value is -3.34. The molecular formula is C22H22ClF3N6O2. The topological polar surface area (TPSA) is 93.8 Å². The first-order valence-electron chi connectivity index (χ1n) is 10.7. The van der Waals surface area contributed by atoms with Crippen molar-refractivity contribution in [3.63, 3.8) is 0 Å². The lowest BCUT2D eigenvalue weighted by molar-refractivity contribution is -0.141. The van der Waals surface area contributed by atoms with Gasteiger partial charge in [0.25, 0.3) is 5.91 Å². The first-order chi connectivity index (χ1) is 16.2. The van der Waals surface area contributed by atoms with Crippen molar-refractivity contribution >= 4 is 34.8 Å². The van der Waals surface area contributed by atoms with Crippen molar-refractivity contribution in [2.45, 2.75) is 51.4 Å². The summed E-state index contributed by atoms with van der Waals surface area (Å²) in [4.78, 5) is 25.3. The van der Waals surface area contributed by atoms with E-state index in [-0.39, 0.29) is 30.3 Å². The lowest BCUT2D eigenvalue weighted by Crippen LogP contribution is -2.19. The number of carbonyl (C=O) groups is 2. The Kier molecular flexibility index (Phi) is 6.65. The SMILES string of the molecule is CCn1cc(NC(=O)CCn2nc(C(F)(F)F)c(Cl)c2C2CC2)c(C(=O)Nc2ccccc2)n1. The number of halogens is 4. The fraction of sp³-hybridized carbons (Fsp3) is 0.364. The van der Waals surface area contributed by atoms with Crippen LogP contribution in [0.1, 0.15) is 54.0 Å². The molecule has 34 heavy (non-hydrogen) atoms. The van der Waals surface area contributed by atoms with Gasteiger partial charge in [0, 0.05) is 30.8 Å². The smallest absolute Gasteiger partial charge is 0.323 e. The van der Waals surface area contributed by atoms with Gasteiger partial charge in [-0.25, -0.2) is 0 Å². The molecule has 0 aliphatic heterocycles. The largest absolute Gasteiger partial charge is 0.436 e. The predicted octanol–water partition coefficient (Wildman–Crippen LogP) is 4.93. The number of nitrogens with one attached hydrogen (secondary N) is 2. The van der Waals surface area contributed by atoms with E-state index in [0.29, 0.717) is 17.9 Å². The van der Waals surface area contributed by atoms with Crippen molar-refractivity contribution in [1.29, 1.82) is 0 Å². The summed E-state index contributed by atoms with van der Waals surface area (Å²) in [6.45, 7) is 2.22. The second kappa shape index (κ2) is 9.49. The van der Waals surface area contributed by atoms with Crippen LogP contribution in [0, 0.1) is 0 Å². The first-order valence-corrected chi connectivity index (χ1v) is 11.1. The van der Waals surface area contributed by atoms with Crippen LogP contribution in [-0.4, -0.2) is 31.4 Å². The normalized spacial score (nSPS) is 13.7. The summed E-state index contributed by atoms with van der Waals surface area (Å²) in [6.07, 6.45) is -1.86. The molecule has 0 bridgehead atoms. The van der Waals surface area contributed by atoms with Gasteiger partial charge in [0.05, 0.1) is 22.9 Å². The zero-order valence-corrected chi connectivity index (χ0v) is 19.0. The van der Waals surface area contributed by atoms with E-state index in [1.54, 1.807) is 24.3 Å². The van der Waals surface area contributed by atoms with E-state index in [4.69, 9.17) is 11.6 Å². The molecule has 1 aromatic carbocycles. The van der Waals surface area contributed by atoms with Crippen LogP contribution in [0.15, 0.2) is 36.5 Å². The fourth-order valence-corrected chi connectivity index (χ4v) is 3.92. The molecule has 180 valence electrons. The number of carbonyl (C=O) groups excluding carboxylic acids is 2. The van der Waals surface area contributed by atoms with Gasteiger partial charge in [-0.05, 0) is 31.9 Å². The molecule has 12 heteroatoms. The second-order valence-electron chi connectivity index (χ2n) is 7.91. The van der Waals surface area contributed by atoms with Gasteiger partial charge >= 0.3 is 6.18 Å². The molecule has 2 heterocycles. The molecule has 1 aliphatic carbocycles. The van der Waals surface area contributed by atoms with E-state index in [1.165, 1.54) is 15.6 Å². The van der Waals surface area contributed by atoms with E-state index in [1.807, 2.05) is 13.0 Å². The molecule has 3 aromatic rings. The number of aromatic nitrogens is 4. The molecule has 0 atom stereocenters. The number of amides is 2. The average Bonchev–Trinajstić information content (AvgIpc) is 3.44. The van der Waals surface area contributed by atoms with Gasteiger partial charge in [-0.3, -0.25) is 19.0 Å². The van der Waals surface area contributed by atoms with E-state index >= 15 is 0 Å². The summed E-state index contributed by atoms with van der Waals surface area (Å²) < 4.78 is 42.4. The Morgan fingerprint density at radius 2 is 1.85 bits per heavy atom. The maximum absolute atomic E-state index is 13.2. The van der Waals surface area contributed by atoms with Crippen molar-refractivity contribution < 1.29 is 22.8 Å². The number of alkyl halides is 3. The number of rotatable bonds is 8. The minimum atomic E-state index is -4.68. The number of para-hydroxylation sites is 1. The average molecular weight is 495 g/mol. The van der Waals surface area contributed by atoms with E-state index in [9.17, 15) is 22.8 Å². The fourth-order valence-electron chi connectivity index (χ4n) is 3.53. The Morgan fingerprint density at radius 3 is 2.47 bits per heavy atom. The van der Waals surface area contributed by atoms with Gasteiger partial charge in [-0.15, -0.1) is 0 Å². The minimum absolute atomic E-state index is 0.0270. The van der Waals surface area contributed by atoms with Crippen molar-refractivity contribution in [2.75, 3.05) is 10.6 Å². The van der Waals surface area contributed by atoms with Crippen LogP contribution < -0.4 is 10.6 Å². The second-order valence-corrected chi connectivity index (χ2v) is 8.29. The molecule has 8 nitrogen and oxygen atoms in total. The molecule has 4 rings (SSSR count). The standard InChI is InChI=1S/C22H22ClF3N6O2/c1-2-31-12-15(18(29-31)21(34)27-14-6-4-3-5-7-14)28-16(33)10-11-32-19(13-8-9-13)17(23)20(30-32)22(24,25)26/h3-7,12-13H,2,8-11H2,1H3,(H,27,34)(H,28,33). The molecule has 1 aliphatic rings. The van der Waals surface area contributed by atoms with Crippen molar-refractivity contribution in [2.24, 2.45) is 0 Å². The summed E-state index contributed by atoms with van der Waals surface area (Å²) in [6, 6.07) is 8.78. The Labute approximate surface area is 198 Å². The molecule has 2 amide bonds. The number of hydrogen-bond acceptors (Lipinski definition) is 4. The third-order valence-corrected chi connectivity index (χ3v) is 5.69. The number of hydrogen-bond donors (Lipinski definition) is 2. The monoisotopic (exact) mass is 494 g/mol. The van der Waals surface area contributed by atoms with Crippen molar-refractivity contribution in [3.8, 4) is 0 Å². The number of benzene rings is 1. The molecule has 2 N–H and O–H groups in total. The summed E-state index contributed by atoms with van der Waals surface area (Å²) >= 11 is 5.98. The third-order valence-electron chi connectivity index (χ3n) is 5.32. The highest BCUT2D eigenvalue weighted by Gasteiger charge is 2.42. The highest BCUT2D eigenvalue weighted by Crippen LogP contribution is 2.46. The predicted molar refractivity (Wildman–Crippen MR) is 120 cm³/mol. The number of nitrogens with zero attached hydrogens (tertiary/aromatic N) is 4. The maximum Gasteiger partial charge on any atom is 0.436 e. The lowest BCUT2D eigenvalue weighted by atomic mass is 10.2. The molecule has 0 radical (unpaired) electrons. The molecular weight excluding hydrogens is 473 g/mol. The van der Waals surface area contributed by atoms with Crippen LogP contribution in [0.5, 0.6) is 0 Å². The molecule has 2 aromatic heterocycles. The zero-order chi connectivity index (χ0) is 24.5. The van der Waals surface area contributed by atoms with Gasteiger partial charge in [0.15, 0.2) is 11.4 Å². The van der Waals surface area contributed by atoms with Crippen LogP contribution in [0.3, 0.4) is 0 Å². The Bertz CT molecular complexity index is 1200. The highest BCUT2D eigenvalue weighted by atomic mass is 35.5. The lowest BCUT2D eigenvalue weighted by Gasteiger charge is -2.08. The molecule has 0 spiro atoms. The van der Waals surface area contributed by atoms with E-state index in [2.05, 4.69) is 20.8 Å². The molecule has 0 saturated heterocycles. The molecule has 1 fully saturated rings. The van der Waals surface area contributed by atoms with E-state index in [0.717, 1.165) is 12.8 Å². The highest BCUT2D eigenvalue weighted by molar-refractivity contribution is 6.32. The third kappa shape index (κ3) is 5.24. The van der Waals surface area contributed by atoms with E-state index < -0.39 is 28.7 Å². The summed E-state index contributed by atoms with van der Waals surface area (Å²) in [7, 11) is 0. The number of anilines is 2. The Morgan fingerprint density at radius 1 is 1.15 bits per heavy atom. The first kappa shape index (κ1) is 23.8. The van der Waals surface area contributed by atoms with Crippen LogP contribution in [0.2, 0.25) is 5.02 Å². The Balaban J connectivity index is 1.47. The molecule has 0 unspecified atom stereocenters. The van der Waals surface area contributed by atoms with Crippen LogP contribution >= 0.6 is 11.6 Å². The van der Waals surface area contributed by atoms with Gasteiger partial charge < -0.3 is 10.6 Å². The van der Waals surface area contributed by atoms with Crippen LogP contribution in [0.25, 0.3) is 0 Å². The van der Waals surface area contributed by atoms with Crippen molar-refractivity contribution in [1.82, 2.24) is 19.6 Å². The van der Waals surface area contributed by atoms with Gasteiger partial charge in [0.1, 0.15) is 0 Å². The zero-order valence-electron chi connectivity index (χ0n) is 18.2. The number of aryl methyl sites for hydroxylation is 2. The summed E-state index contributed by atoms with van der Waals surface area (Å²) in [5.74, 6) is -1.08. The van der Waals surface area contributed by atoms with Gasteiger partial charge in [0.2, 0.25) is 5.91 Å². The van der Waals surface area contributed by atoms with Gasteiger partial charge in [-0.2, -0.15) is 23.4 Å². The van der Waals surface area contributed by atoms with Crippen molar-refractivity contribution in [3.05, 3.63) is 58.6 Å². The summed E-state index contributed by atoms with van der Waals surface area (Å²) in [5, 5.41) is 12.8.